The molecule has 0 radical (unpaired) electrons. The number of rotatable bonds is 2. The van der Waals surface area contributed by atoms with E-state index in [9.17, 15) is 0 Å². The van der Waals surface area contributed by atoms with Crippen LogP contribution in [0.1, 0.15) is 20.3 Å². The molecule has 152 valence electrons. The van der Waals surface area contributed by atoms with Crippen molar-refractivity contribution >= 4 is 18.8 Å². The van der Waals surface area contributed by atoms with Crippen LogP contribution < -0.4 is 0 Å². The number of nitriles is 2. The third-order valence-corrected chi connectivity index (χ3v) is 2.89. The SMILES string of the molecule is C#N.CCC#N.[CH2-]C.[Cl][Pt][Cl].c1ccc(-c2cc(-c3ccccc3)[nH]n2)cc1. The van der Waals surface area contributed by atoms with E-state index in [4.69, 9.17) is 29.4 Å². The average molecular weight is 597 g/mol. The number of nitrogens with one attached hydrogen (secondary N) is 1. The Balaban J connectivity index is 0. The van der Waals surface area contributed by atoms with Crippen molar-refractivity contribution in [2.24, 2.45) is 0 Å². The second-order valence-corrected chi connectivity index (χ2v) is 7.74. The van der Waals surface area contributed by atoms with E-state index in [-0.39, 0.29) is 0 Å². The second-order valence-electron chi connectivity index (χ2n) is 4.46. The maximum absolute atomic E-state index is 7.62. The molecule has 0 atom stereocenters. The summed E-state index contributed by atoms with van der Waals surface area (Å²) in [6, 6.07) is 24.4. The minimum absolute atomic E-state index is 0.472. The first-order valence-electron chi connectivity index (χ1n) is 8.08. The first kappa shape index (κ1) is 28.1. The fourth-order valence-corrected chi connectivity index (χ4v) is 1.84. The minimum Gasteiger partial charge on any atom is -0.277 e. The van der Waals surface area contributed by atoms with E-state index in [1.54, 1.807) is 6.92 Å². The largest absolute Gasteiger partial charge is 0.277 e. The standard InChI is InChI=1S/C15H12N2.C3H5N.C2H5.CHN.2ClH.Pt/c1-3-7-12(8-4-1)14-11-15(17-16-14)13-9-5-2-6-10-13;1-2-3-4;2*1-2;;;/h1-11H,(H,16,17);2H2,1H3;1H2,2H3;1H;2*1H;/q;;-1;;;;+2/p-2. The summed E-state index contributed by atoms with van der Waals surface area (Å²) < 4.78 is 0. The van der Waals surface area contributed by atoms with Crippen LogP contribution >= 0.6 is 18.8 Å². The quantitative estimate of drug-likeness (QED) is 0.323. The van der Waals surface area contributed by atoms with Gasteiger partial charge in [-0.25, -0.2) is 5.26 Å². The molecule has 0 aliphatic heterocycles. The Kier molecular flexibility index (Phi) is 21.3. The van der Waals surface area contributed by atoms with Crippen molar-refractivity contribution in [2.75, 3.05) is 0 Å². The summed E-state index contributed by atoms with van der Waals surface area (Å²) in [5.74, 6) is 0. The average Bonchev–Trinajstić information content (AvgIpc) is 3.29. The van der Waals surface area contributed by atoms with Crippen molar-refractivity contribution in [3.8, 4) is 35.2 Å². The van der Waals surface area contributed by atoms with E-state index in [1.807, 2.05) is 49.4 Å². The zero-order valence-corrected chi connectivity index (χ0v) is 19.5. The van der Waals surface area contributed by atoms with Gasteiger partial charge in [0.1, 0.15) is 0 Å². The van der Waals surface area contributed by atoms with Gasteiger partial charge < -0.3 is 6.92 Å². The van der Waals surface area contributed by atoms with Crippen LogP contribution in [0.3, 0.4) is 0 Å². The number of aromatic nitrogens is 2. The summed E-state index contributed by atoms with van der Waals surface area (Å²) >= 11 is -0.472. The first-order chi connectivity index (χ1) is 13.8. The van der Waals surface area contributed by atoms with Crippen LogP contribution in [0.15, 0.2) is 66.7 Å². The van der Waals surface area contributed by atoms with Gasteiger partial charge in [0, 0.05) is 18.6 Å². The molecule has 0 fully saturated rings. The molecule has 7 heteroatoms. The Morgan fingerprint density at radius 1 is 1.00 bits per heavy atom. The van der Waals surface area contributed by atoms with Crippen molar-refractivity contribution in [1.82, 2.24) is 10.2 Å². The van der Waals surface area contributed by atoms with Gasteiger partial charge in [0.25, 0.3) is 0 Å². The molecule has 0 saturated carbocycles. The maximum atomic E-state index is 7.62. The van der Waals surface area contributed by atoms with E-state index >= 15 is 0 Å². The normalized spacial score (nSPS) is 8.07. The van der Waals surface area contributed by atoms with Gasteiger partial charge in [0.2, 0.25) is 0 Å². The molecule has 0 spiro atoms. The number of halogens is 2. The Morgan fingerprint density at radius 3 is 1.79 bits per heavy atom. The minimum atomic E-state index is -0.472. The van der Waals surface area contributed by atoms with Gasteiger partial charge in [-0.15, -0.1) is 0 Å². The number of benzene rings is 2. The zero-order valence-electron chi connectivity index (χ0n) is 15.8. The molecule has 1 N–H and O–H groups in total. The van der Waals surface area contributed by atoms with Crippen LogP contribution in [-0.4, -0.2) is 10.2 Å². The Morgan fingerprint density at radius 2 is 1.39 bits per heavy atom. The molecule has 3 aromatic rings. The summed E-state index contributed by atoms with van der Waals surface area (Å²) in [5.41, 5.74) is 4.31. The third-order valence-electron chi connectivity index (χ3n) is 2.89. The predicted octanol–water partition coefficient (Wildman–Crippen LogP) is 7.02. The fraction of sp³-hybridized carbons (Fsp3) is 0.143. The van der Waals surface area contributed by atoms with Gasteiger partial charge in [-0.05, 0) is 11.6 Å². The molecular weight excluding hydrogens is 574 g/mol. The number of hydrogen-bond acceptors (Lipinski definition) is 3. The summed E-state index contributed by atoms with van der Waals surface area (Å²) in [7, 11) is 9.75. The molecule has 2 aromatic carbocycles. The smallest absolute Gasteiger partial charge is 0.0927 e. The van der Waals surface area contributed by atoms with Gasteiger partial charge in [0.05, 0.1) is 17.5 Å². The maximum Gasteiger partial charge on any atom is 0.0927 e. The van der Waals surface area contributed by atoms with Crippen molar-refractivity contribution in [1.29, 1.82) is 10.5 Å². The summed E-state index contributed by atoms with van der Waals surface area (Å²) in [5, 5.41) is 21.5. The number of nitrogens with zero attached hydrogens (tertiary/aromatic N) is 3. The summed E-state index contributed by atoms with van der Waals surface area (Å²) in [6.45, 7) is 10.3. The molecule has 0 aliphatic rings. The van der Waals surface area contributed by atoms with Gasteiger partial charge in [-0.2, -0.15) is 17.3 Å². The van der Waals surface area contributed by atoms with E-state index in [0.717, 1.165) is 22.5 Å². The fourth-order valence-electron chi connectivity index (χ4n) is 1.84. The van der Waals surface area contributed by atoms with Crippen molar-refractivity contribution in [3.05, 3.63) is 73.7 Å². The van der Waals surface area contributed by atoms with Crippen molar-refractivity contribution in [2.45, 2.75) is 20.3 Å². The molecule has 4 nitrogen and oxygen atoms in total. The van der Waals surface area contributed by atoms with Gasteiger partial charge in [-0.3, -0.25) is 5.10 Å². The van der Waals surface area contributed by atoms with Crippen LogP contribution in [0.4, 0.5) is 0 Å². The molecule has 0 amide bonds. The zero-order chi connectivity index (χ0) is 21.6. The van der Waals surface area contributed by atoms with Crippen LogP contribution in [0, 0.1) is 30.1 Å². The molecular formula is C21H23Cl2N4Pt-. The summed E-state index contributed by atoms with van der Waals surface area (Å²) in [4.78, 5) is 0. The topological polar surface area (TPSA) is 76.3 Å². The van der Waals surface area contributed by atoms with Crippen molar-refractivity contribution in [3.63, 3.8) is 0 Å². The Bertz CT molecular complexity index is 715. The monoisotopic (exact) mass is 596 g/mol. The predicted molar refractivity (Wildman–Crippen MR) is 115 cm³/mol. The van der Waals surface area contributed by atoms with Crippen LogP contribution in [0.2, 0.25) is 0 Å². The van der Waals surface area contributed by atoms with Crippen LogP contribution in [-0.2, 0) is 16.5 Å². The summed E-state index contributed by atoms with van der Waals surface area (Å²) in [6.07, 6.45) is 0.625. The number of H-pyrrole nitrogens is 1. The van der Waals surface area contributed by atoms with E-state index in [2.05, 4.69) is 54.0 Å². The molecule has 0 aliphatic carbocycles. The van der Waals surface area contributed by atoms with Gasteiger partial charge >= 0.3 is 35.3 Å². The molecule has 1 heterocycles. The molecule has 1 aromatic heterocycles. The first-order valence-corrected chi connectivity index (χ1v) is 13.7. The van der Waals surface area contributed by atoms with Gasteiger partial charge in [0.15, 0.2) is 0 Å². The van der Waals surface area contributed by atoms with Crippen LogP contribution in [0.5, 0.6) is 0 Å². The van der Waals surface area contributed by atoms with E-state index in [0.29, 0.717) is 6.42 Å². The molecule has 0 unspecified atom stereocenters. The Labute approximate surface area is 184 Å². The van der Waals surface area contributed by atoms with Crippen molar-refractivity contribution < 1.29 is 16.5 Å². The molecule has 0 bridgehead atoms. The van der Waals surface area contributed by atoms with Crippen LogP contribution in [0.25, 0.3) is 22.5 Å². The molecule has 0 saturated heterocycles. The van der Waals surface area contributed by atoms with E-state index in [1.165, 1.54) is 0 Å². The second kappa shape index (κ2) is 21.2. The third kappa shape index (κ3) is 12.3. The molecule has 3 rings (SSSR count). The number of hydrogen-bond donors (Lipinski definition) is 1. The van der Waals surface area contributed by atoms with Gasteiger partial charge in [-0.1, -0.05) is 67.6 Å². The number of aromatic amines is 1. The van der Waals surface area contributed by atoms with E-state index < -0.39 is 16.5 Å². The molecule has 28 heavy (non-hydrogen) atoms. The Hall–Kier alpha value is -2.10.